The molecule has 0 heterocycles. The Kier molecular flexibility index (Phi) is 4.23. The van der Waals surface area contributed by atoms with Crippen molar-refractivity contribution in [2.24, 2.45) is 0 Å². The number of sulfone groups is 1. The lowest BCUT2D eigenvalue weighted by Gasteiger charge is -2.19. The summed E-state index contributed by atoms with van der Waals surface area (Å²) in [7, 11) is -3.16. The molecule has 0 radical (unpaired) electrons. The van der Waals surface area contributed by atoms with Crippen molar-refractivity contribution >= 4 is 9.84 Å². The molecule has 16 heavy (non-hydrogen) atoms. The molecule has 0 aliphatic heterocycles. The van der Waals surface area contributed by atoms with Gasteiger partial charge in [-0.2, -0.15) is 13.2 Å². The van der Waals surface area contributed by atoms with E-state index in [1.54, 1.807) is 0 Å². The topological polar surface area (TPSA) is 46.2 Å². The van der Waals surface area contributed by atoms with Crippen LogP contribution in [0.25, 0.3) is 0 Å². The molecule has 2 unspecified atom stereocenters. The quantitative estimate of drug-likeness (QED) is 0.832. The first-order chi connectivity index (χ1) is 7.20. The first-order valence-corrected chi connectivity index (χ1v) is 7.14. The summed E-state index contributed by atoms with van der Waals surface area (Å²) in [5.41, 5.74) is 0. The van der Waals surface area contributed by atoms with Gasteiger partial charge >= 0.3 is 6.18 Å². The Bertz CT molecular complexity index is 326. The standard InChI is InChI=1S/C9H16F3NO2S/c1-16(14,15)8-4-2-3-7(8)13-6-5-9(10,11)12/h7-8,13H,2-6H2,1H3. The first-order valence-electron chi connectivity index (χ1n) is 5.19. The fourth-order valence-electron chi connectivity index (χ4n) is 2.07. The van der Waals surface area contributed by atoms with E-state index in [-0.39, 0.29) is 12.6 Å². The molecule has 96 valence electrons. The highest BCUT2D eigenvalue weighted by Gasteiger charge is 2.35. The molecule has 0 spiro atoms. The van der Waals surface area contributed by atoms with E-state index in [1.807, 2.05) is 0 Å². The molecule has 0 aromatic rings. The minimum Gasteiger partial charge on any atom is -0.312 e. The van der Waals surface area contributed by atoms with Gasteiger partial charge in [-0.15, -0.1) is 0 Å². The van der Waals surface area contributed by atoms with Crippen molar-refractivity contribution in [3.63, 3.8) is 0 Å². The highest BCUT2D eigenvalue weighted by molar-refractivity contribution is 7.91. The van der Waals surface area contributed by atoms with E-state index < -0.39 is 27.7 Å². The van der Waals surface area contributed by atoms with Crippen LogP contribution in [0.15, 0.2) is 0 Å². The molecular weight excluding hydrogens is 243 g/mol. The normalized spacial score (nSPS) is 27.2. The fourth-order valence-corrected chi connectivity index (χ4v) is 3.50. The van der Waals surface area contributed by atoms with Crippen LogP contribution < -0.4 is 5.32 Å². The lowest BCUT2D eigenvalue weighted by atomic mass is 10.2. The van der Waals surface area contributed by atoms with Gasteiger partial charge in [-0.1, -0.05) is 6.42 Å². The van der Waals surface area contributed by atoms with Crippen LogP contribution >= 0.6 is 0 Å². The fraction of sp³-hybridized carbons (Fsp3) is 1.00. The summed E-state index contributed by atoms with van der Waals surface area (Å²) in [6.07, 6.45) is -2.03. The number of halogens is 3. The predicted octanol–water partition coefficient (Wildman–Crippen LogP) is 1.49. The first kappa shape index (κ1) is 13.8. The molecule has 7 heteroatoms. The largest absolute Gasteiger partial charge is 0.390 e. The van der Waals surface area contributed by atoms with Gasteiger partial charge in [-0.05, 0) is 12.8 Å². The maximum atomic E-state index is 11.9. The van der Waals surface area contributed by atoms with Gasteiger partial charge < -0.3 is 5.32 Å². The van der Waals surface area contributed by atoms with Crippen LogP contribution in [0.2, 0.25) is 0 Å². The van der Waals surface area contributed by atoms with Crippen molar-refractivity contribution in [2.75, 3.05) is 12.8 Å². The molecule has 1 rings (SSSR count). The lowest BCUT2D eigenvalue weighted by molar-refractivity contribution is -0.133. The maximum Gasteiger partial charge on any atom is 0.390 e. The van der Waals surface area contributed by atoms with E-state index >= 15 is 0 Å². The summed E-state index contributed by atoms with van der Waals surface area (Å²) in [5, 5.41) is 2.17. The molecular formula is C9H16F3NO2S. The highest BCUT2D eigenvalue weighted by Crippen LogP contribution is 2.25. The Morgan fingerprint density at radius 2 is 1.94 bits per heavy atom. The molecule has 0 aromatic carbocycles. The second kappa shape index (κ2) is 4.91. The van der Waals surface area contributed by atoms with Gasteiger partial charge in [0.1, 0.15) is 0 Å². The van der Waals surface area contributed by atoms with Gasteiger partial charge in [0.25, 0.3) is 0 Å². The third kappa shape index (κ3) is 4.29. The van der Waals surface area contributed by atoms with Gasteiger partial charge in [-0.25, -0.2) is 8.42 Å². The lowest BCUT2D eigenvalue weighted by Crippen LogP contribution is -2.41. The zero-order valence-corrected chi connectivity index (χ0v) is 9.87. The average Bonchev–Trinajstić information content (AvgIpc) is 2.48. The molecule has 0 bridgehead atoms. The van der Waals surface area contributed by atoms with Crippen molar-refractivity contribution in [2.45, 2.75) is 43.2 Å². The summed E-state index contributed by atoms with van der Waals surface area (Å²) in [4.78, 5) is 0. The van der Waals surface area contributed by atoms with E-state index in [9.17, 15) is 21.6 Å². The van der Waals surface area contributed by atoms with Crippen molar-refractivity contribution in [3.8, 4) is 0 Å². The second-order valence-corrected chi connectivity index (χ2v) is 6.49. The van der Waals surface area contributed by atoms with E-state index in [1.165, 1.54) is 0 Å². The van der Waals surface area contributed by atoms with Gasteiger partial charge in [-0.3, -0.25) is 0 Å². The van der Waals surface area contributed by atoms with E-state index in [4.69, 9.17) is 0 Å². The van der Waals surface area contributed by atoms with Crippen molar-refractivity contribution < 1.29 is 21.6 Å². The molecule has 1 aliphatic carbocycles. The van der Waals surface area contributed by atoms with E-state index in [0.717, 1.165) is 12.7 Å². The van der Waals surface area contributed by atoms with Crippen molar-refractivity contribution in [1.82, 2.24) is 5.32 Å². The third-order valence-electron chi connectivity index (χ3n) is 2.82. The second-order valence-electron chi connectivity index (χ2n) is 4.22. The molecule has 2 atom stereocenters. The summed E-state index contributed by atoms with van der Waals surface area (Å²) in [6.45, 7) is -0.208. The summed E-state index contributed by atoms with van der Waals surface area (Å²) >= 11 is 0. The zero-order valence-electron chi connectivity index (χ0n) is 9.05. The SMILES string of the molecule is CS(=O)(=O)C1CCCC1NCCC(F)(F)F. The molecule has 0 aromatic heterocycles. The molecule has 1 N–H and O–H groups in total. The molecule has 3 nitrogen and oxygen atoms in total. The van der Waals surface area contributed by atoms with E-state index in [2.05, 4.69) is 5.32 Å². The smallest absolute Gasteiger partial charge is 0.312 e. The molecule has 1 saturated carbocycles. The number of nitrogens with one attached hydrogen (secondary N) is 1. The predicted molar refractivity (Wildman–Crippen MR) is 54.9 cm³/mol. The maximum absolute atomic E-state index is 11.9. The third-order valence-corrected chi connectivity index (χ3v) is 4.48. The molecule has 1 aliphatic rings. The van der Waals surface area contributed by atoms with Crippen LogP contribution in [0.5, 0.6) is 0 Å². The zero-order chi connectivity index (χ0) is 12.4. The number of rotatable bonds is 4. The minimum atomic E-state index is -4.19. The number of hydrogen-bond donors (Lipinski definition) is 1. The Morgan fingerprint density at radius 3 is 2.44 bits per heavy atom. The Morgan fingerprint density at radius 1 is 1.31 bits per heavy atom. The highest BCUT2D eigenvalue weighted by atomic mass is 32.2. The van der Waals surface area contributed by atoms with Crippen LogP contribution in [0.1, 0.15) is 25.7 Å². The van der Waals surface area contributed by atoms with Crippen LogP contribution in [0.4, 0.5) is 13.2 Å². The monoisotopic (exact) mass is 259 g/mol. The Labute approximate surface area is 93.3 Å². The summed E-state index contributed by atoms with van der Waals surface area (Å²) < 4.78 is 58.4. The van der Waals surface area contributed by atoms with Crippen LogP contribution in [0.3, 0.4) is 0 Å². The number of alkyl halides is 3. The van der Waals surface area contributed by atoms with Crippen LogP contribution in [0, 0.1) is 0 Å². The molecule has 0 saturated heterocycles. The van der Waals surface area contributed by atoms with Gasteiger partial charge in [0.2, 0.25) is 0 Å². The Balaban J connectivity index is 2.43. The summed E-state index contributed by atoms with van der Waals surface area (Å²) in [5.74, 6) is 0. The number of hydrogen-bond acceptors (Lipinski definition) is 3. The van der Waals surface area contributed by atoms with Crippen LogP contribution in [-0.4, -0.2) is 38.7 Å². The van der Waals surface area contributed by atoms with Gasteiger partial charge in [0.05, 0.1) is 11.7 Å². The summed E-state index contributed by atoms with van der Waals surface area (Å²) in [6, 6.07) is -0.322. The average molecular weight is 259 g/mol. The minimum absolute atomic E-state index is 0.208. The van der Waals surface area contributed by atoms with Crippen molar-refractivity contribution in [3.05, 3.63) is 0 Å². The van der Waals surface area contributed by atoms with Crippen molar-refractivity contribution in [1.29, 1.82) is 0 Å². The van der Waals surface area contributed by atoms with Gasteiger partial charge in [0, 0.05) is 18.8 Å². The Hall–Kier alpha value is -0.300. The molecule has 0 amide bonds. The van der Waals surface area contributed by atoms with Gasteiger partial charge in [0.15, 0.2) is 9.84 Å². The van der Waals surface area contributed by atoms with Crippen LogP contribution in [-0.2, 0) is 9.84 Å². The van der Waals surface area contributed by atoms with E-state index in [0.29, 0.717) is 12.8 Å². The molecule has 1 fully saturated rings.